The summed E-state index contributed by atoms with van der Waals surface area (Å²) in [5.41, 5.74) is 0. The molecule has 0 spiro atoms. The largest absolute Gasteiger partial charge is 0.462 e. The van der Waals surface area contributed by atoms with E-state index in [4.69, 9.17) is 4.74 Å². The Kier molecular flexibility index (Phi) is 42.0. The highest BCUT2D eigenvalue weighted by Crippen LogP contribution is 2.16. The summed E-state index contributed by atoms with van der Waals surface area (Å²) >= 11 is 0. The second-order valence-corrected chi connectivity index (χ2v) is 15.0. The molecule has 0 aliphatic carbocycles. The van der Waals surface area contributed by atoms with E-state index >= 15 is 0 Å². The minimum absolute atomic E-state index is 0.0120. The van der Waals surface area contributed by atoms with Gasteiger partial charge in [0.05, 0.1) is 25.2 Å². The monoisotopic (exact) mass is 814 g/mol. The molecule has 1 amide bonds. The maximum Gasteiger partial charge on any atom is 0.306 e. The molecule has 0 fully saturated rings. The van der Waals surface area contributed by atoms with Crippen LogP contribution in [-0.2, 0) is 14.3 Å². The van der Waals surface area contributed by atoms with Gasteiger partial charge < -0.3 is 20.3 Å². The Morgan fingerprint density at radius 2 is 0.915 bits per heavy atom. The SMILES string of the molecule is CC\C=C/C=C/C=C/C=C\C=C\C=C\CCCC(CC(=O)NC(CO)C(O)CCCCCCCCCCCCCC)OC(=O)CCC/C=C/C=C\C=C/C=C/C=C/CC. The maximum absolute atomic E-state index is 13.1. The van der Waals surface area contributed by atoms with E-state index in [1.807, 2.05) is 115 Å². The minimum atomic E-state index is -0.828. The van der Waals surface area contributed by atoms with Crippen molar-refractivity contribution in [3.05, 3.63) is 134 Å². The van der Waals surface area contributed by atoms with Crippen molar-refractivity contribution in [2.24, 2.45) is 0 Å². The molecule has 0 saturated heterocycles. The standard InChI is InChI=1S/C53H83NO5/c1-4-7-10-13-16-19-22-25-26-28-29-32-35-38-41-44-49(59-53(58)46-43-40-37-34-31-27-23-20-17-14-11-8-5-2)47-52(57)54-50(48-55)51(56)45-42-39-36-33-30-24-21-18-15-12-9-6-3/h7-8,10-11,13-14,16-17,19-20,22-23,25-29,31-32,34-35,37,49-51,55-56H,4-6,9,12,15,18,21,24,30,33,36,38-48H2,1-3H3,(H,54,57)/b10-7-,11-8+,16-13+,17-14+,22-19+,23-20-,26-25-,29-28+,31-27-,35-32+,37-34+. The number of carbonyl (C=O) groups excluding carboxylic acids is 2. The van der Waals surface area contributed by atoms with E-state index in [2.05, 4.69) is 44.3 Å². The molecule has 0 aliphatic heterocycles. The van der Waals surface area contributed by atoms with Crippen LogP contribution in [0.15, 0.2) is 134 Å². The summed E-state index contributed by atoms with van der Waals surface area (Å²) in [6, 6.07) is -0.749. The quantitative estimate of drug-likeness (QED) is 0.0328. The Morgan fingerprint density at radius 3 is 1.36 bits per heavy atom. The van der Waals surface area contributed by atoms with Gasteiger partial charge in [-0.15, -0.1) is 0 Å². The van der Waals surface area contributed by atoms with Crippen molar-refractivity contribution >= 4 is 11.9 Å². The second kappa shape index (κ2) is 45.1. The molecule has 3 atom stereocenters. The number of hydrogen-bond donors (Lipinski definition) is 3. The molecule has 59 heavy (non-hydrogen) atoms. The van der Waals surface area contributed by atoms with Crippen molar-refractivity contribution in [1.29, 1.82) is 0 Å². The fourth-order valence-electron chi connectivity index (χ4n) is 6.08. The van der Waals surface area contributed by atoms with Crippen LogP contribution in [0.1, 0.15) is 162 Å². The fraction of sp³-hybridized carbons (Fsp3) is 0.547. The minimum Gasteiger partial charge on any atom is -0.462 e. The van der Waals surface area contributed by atoms with Crippen LogP contribution >= 0.6 is 0 Å². The van der Waals surface area contributed by atoms with Gasteiger partial charge in [-0.05, 0) is 51.4 Å². The van der Waals surface area contributed by atoms with Crippen LogP contribution in [0.4, 0.5) is 0 Å². The van der Waals surface area contributed by atoms with Gasteiger partial charge >= 0.3 is 5.97 Å². The highest BCUT2D eigenvalue weighted by Gasteiger charge is 2.23. The number of unbranched alkanes of at least 4 members (excludes halogenated alkanes) is 13. The zero-order chi connectivity index (χ0) is 43.1. The van der Waals surface area contributed by atoms with Gasteiger partial charge in [-0.1, -0.05) is 231 Å². The smallest absolute Gasteiger partial charge is 0.306 e. The van der Waals surface area contributed by atoms with Gasteiger partial charge in [-0.2, -0.15) is 0 Å². The molecule has 0 aliphatic rings. The summed E-state index contributed by atoms with van der Waals surface area (Å²) < 4.78 is 5.83. The predicted molar refractivity (Wildman–Crippen MR) is 254 cm³/mol. The van der Waals surface area contributed by atoms with Crippen molar-refractivity contribution in [3.8, 4) is 0 Å². The Morgan fingerprint density at radius 1 is 0.508 bits per heavy atom. The number of esters is 1. The summed E-state index contributed by atoms with van der Waals surface area (Å²) in [6.45, 7) is 6.12. The average molecular weight is 814 g/mol. The van der Waals surface area contributed by atoms with E-state index in [-0.39, 0.29) is 31.3 Å². The Hall–Kier alpha value is -4.00. The van der Waals surface area contributed by atoms with Gasteiger partial charge in [0, 0.05) is 6.42 Å². The summed E-state index contributed by atoms with van der Waals surface area (Å²) in [7, 11) is 0. The lowest BCUT2D eigenvalue weighted by atomic mass is 10.0. The number of rotatable bonds is 38. The third-order valence-corrected chi connectivity index (χ3v) is 9.51. The van der Waals surface area contributed by atoms with Crippen molar-refractivity contribution in [2.45, 2.75) is 180 Å². The van der Waals surface area contributed by atoms with E-state index in [9.17, 15) is 19.8 Å². The zero-order valence-corrected chi connectivity index (χ0v) is 37.3. The molecule has 6 heteroatoms. The molecule has 0 rings (SSSR count). The van der Waals surface area contributed by atoms with Crippen LogP contribution in [0.5, 0.6) is 0 Å². The van der Waals surface area contributed by atoms with Crippen LogP contribution in [-0.4, -0.2) is 46.9 Å². The lowest BCUT2D eigenvalue weighted by Gasteiger charge is -2.24. The van der Waals surface area contributed by atoms with Crippen molar-refractivity contribution in [3.63, 3.8) is 0 Å². The van der Waals surface area contributed by atoms with Crippen LogP contribution in [0.2, 0.25) is 0 Å². The van der Waals surface area contributed by atoms with Crippen LogP contribution in [0.25, 0.3) is 0 Å². The van der Waals surface area contributed by atoms with Crippen molar-refractivity contribution in [2.75, 3.05) is 6.61 Å². The van der Waals surface area contributed by atoms with E-state index in [1.165, 1.54) is 57.8 Å². The van der Waals surface area contributed by atoms with Gasteiger partial charge in [-0.3, -0.25) is 9.59 Å². The first kappa shape index (κ1) is 55.0. The molecule has 0 heterocycles. The zero-order valence-electron chi connectivity index (χ0n) is 37.3. The summed E-state index contributed by atoms with van der Waals surface area (Å²) in [6.07, 6.45) is 63.7. The molecule has 330 valence electrons. The van der Waals surface area contributed by atoms with Crippen LogP contribution < -0.4 is 5.32 Å². The van der Waals surface area contributed by atoms with Crippen LogP contribution in [0.3, 0.4) is 0 Å². The number of ether oxygens (including phenoxy) is 1. The third kappa shape index (κ3) is 40.6. The number of amides is 1. The summed E-state index contributed by atoms with van der Waals surface area (Å²) in [5.74, 6) is -0.656. The first-order chi connectivity index (χ1) is 29.0. The molecular weight excluding hydrogens is 731 g/mol. The molecule has 0 aromatic heterocycles. The number of hydrogen-bond acceptors (Lipinski definition) is 5. The molecule has 3 unspecified atom stereocenters. The number of aliphatic hydroxyl groups excluding tert-OH is 2. The van der Waals surface area contributed by atoms with Crippen molar-refractivity contribution < 1.29 is 24.5 Å². The lowest BCUT2D eigenvalue weighted by molar-refractivity contribution is -0.151. The molecule has 6 nitrogen and oxygen atoms in total. The normalized spacial score (nSPS) is 14.6. The highest BCUT2D eigenvalue weighted by molar-refractivity contribution is 5.77. The number of allylic oxidation sites excluding steroid dienone is 22. The first-order valence-electron chi connectivity index (χ1n) is 23.1. The van der Waals surface area contributed by atoms with Gasteiger partial charge in [0.2, 0.25) is 5.91 Å². The topological polar surface area (TPSA) is 95.9 Å². The molecule has 0 bridgehead atoms. The highest BCUT2D eigenvalue weighted by atomic mass is 16.5. The molecule has 0 saturated carbocycles. The number of nitrogens with one attached hydrogen (secondary N) is 1. The Labute approximate surface area is 361 Å². The number of aliphatic hydroxyl groups is 2. The molecule has 0 aromatic rings. The Bertz CT molecular complexity index is 1320. The lowest BCUT2D eigenvalue weighted by Crippen LogP contribution is -2.46. The van der Waals surface area contributed by atoms with E-state index < -0.39 is 18.2 Å². The molecule has 0 aromatic carbocycles. The molecular formula is C53H83NO5. The summed E-state index contributed by atoms with van der Waals surface area (Å²) in [5, 5.41) is 23.6. The second-order valence-electron chi connectivity index (χ2n) is 15.0. The fourth-order valence-corrected chi connectivity index (χ4v) is 6.08. The molecule has 0 radical (unpaired) electrons. The van der Waals surface area contributed by atoms with E-state index in [0.717, 1.165) is 51.4 Å². The maximum atomic E-state index is 13.1. The third-order valence-electron chi connectivity index (χ3n) is 9.51. The average Bonchev–Trinajstić information content (AvgIpc) is 3.23. The van der Waals surface area contributed by atoms with Crippen molar-refractivity contribution in [1.82, 2.24) is 5.32 Å². The first-order valence-corrected chi connectivity index (χ1v) is 23.1. The summed E-state index contributed by atoms with van der Waals surface area (Å²) in [4.78, 5) is 26.0. The van der Waals surface area contributed by atoms with Gasteiger partial charge in [0.25, 0.3) is 0 Å². The predicted octanol–water partition coefficient (Wildman–Crippen LogP) is 13.5. The Balaban J connectivity index is 4.92. The van der Waals surface area contributed by atoms with Gasteiger partial charge in [-0.25, -0.2) is 0 Å². The van der Waals surface area contributed by atoms with E-state index in [0.29, 0.717) is 19.3 Å². The van der Waals surface area contributed by atoms with Gasteiger partial charge in [0.1, 0.15) is 6.10 Å². The van der Waals surface area contributed by atoms with Crippen LogP contribution in [0, 0.1) is 0 Å². The number of carbonyl (C=O) groups is 2. The molecule has 3 N–H and O–H groups in total. The van der Waals surface area contributed by atoms with E-state index in [1.54, 1.807) is 0 Å². The van der Waals surface area contributed by atoms with Gasteiger partial charge in [0.15, 0.2) is 0 Å².